The monoisotopic (exact) mass is 1100 g/mol. The number of primary amides is 1. The van der Waals surface area contributed by atoms with E-state index in [0.717, 1.165) is 16.5 Å². The fraction of sp³-hybridized carbons (Fsp3) is 0.635. The van der Waals surface area contributed by atoms with E-state index in [-0.39, 0.29) is 82.5 Å². The summed E-state index contributed by atoms with van der Waals surface area (Å²) in [5.74, 6) is -10.3. The molecule has 3 fully saturated rings. The number of ether oxygens (including phenoxy) is 1. The van der Waals surface area contributed by atoms with Crippen LogP contribution in [0.1, 0.15) is 102 Å². The molecule has 0 unspecified atom stereocenters. The smallest absolute Gasteiger partial charge is 0.329 e. The first kappa shape index (κ1) is 61.0. The second-order valence-corrected chi connectivity index (χ2v) is 21.0. The number of esters is 1. The van der Waals surface area contributed by atoms with Crippen molar-refractivity contribution in [1.82, 2.24) is 41.0 Å². The molecular formula is C52H76N10O12S2. The lowest BCUT2D eigenvalue weighted by atomic mass is 9.89. The van der Waals surface area contributed by atoms with Gasteiger partial charge in [-0.05, 0) is 103 Å². The van der Waals surface area contributed by atoms with Gasteiger partial charge in [0.2, 0.25) is 41.4 Å². The van der Waals surface area contributed by atoms with E-state index in [1.54, 1.807) is 6.20 Å². The molecule has 1 aromatic heterocycles. The van der Waals surface area contributed by atoms with Gasteiger partial charge in [0, 0.05) is 79.2 Å². The van der Waals surface area contributed by atoms with Gasteiger partial charge in [-0.2, -0.15) is 25.3 Å². The molecule has 0 saturated carbocycles. The van der Waals surface area contributed by atoms with Crippen LogP contribution < -0.4 is 32.7 Å². The van der Waals surface area contributed by atoms with Gasteiger partial charge < -0.3 is 57.2 Å². The molecule has 0 bridgehead atoms. The molecule has 0 radical (unpaired) electrons. The van der Waals surface area contributed by atoms with E-state index in [2.05, 4.69) is 51.5 Å². The van der Waals surface area contributed by atoms with E-state index in [4.69, 9.17) is 16.2 Å². The summed E-state index contributed by atoms with van der Waals surface area (Å²) in [5, 5.41) is 11.6. The summed E-state index contributed by atoms with van der Waals surface area (Å²) in [5.41, 5.74) is 12.9. The van der Waals surface area contributed by atoms with E-state index < -0.39 is 132 Å². The molecule has 24 heteroatoms. The number of aromatic nitrogens is 1. The highest BCUT2D eigenvalue weighted by Crippen LogP contribution is 2.26. The first-order valence-corrected chi connectivity index (χ1v) is 27.6. The zero-order valence-electron chi connectivity index (χ0n) is 43.6. The Morgan fingerprint density at radius 3 is 2.16 bits per heavy atom. The van der Waals surface area contributed by atoms with Crippen molar-refractivity contribution in [3.05, 3.63) is 36.0 Å². The maximum absolute atomic E-state index is 14.5. The number of Topliss-reactive ketones (excluding diaryl/α,β-unsaturated/α-hetero) is 3. The maximum atomic E-state index is 14.5. The molecule has 1 aromatic carbocycles. The van der Waals surface area contributed by atoms with Gasteiger partial charge in [-0.1, -0.05) is 24.6 Å². The topological polar surface area (TPSA) is 323 Å². The Labute approximate surface area is 454 Å². The molecule has 9 N–H and O–H groups in total. The minimum Gasteiger partial charge on any atom is -0.456 e. The van der Waals surface area contributed by atoms with Crippen LogP contribution in [0.2, 0.25) is 0 Å². The number of unbranched alkanes of at least 4 members (excludes halogenated alkanes) is 2. The van der Waals surface area contributed by atoms with E-state index in [1.165, 1.54) is 9.80 Å². The van der Waals surface area contributed by atoms with E-state index in [0.29, 0.717) is 45.1 Å². The van der Waals surface area contributed by atoms with Crippen molar-refractivity contribution in [2.45, 2.75) is 139 Å². The predicted molar refractivity (Wildman–Crippen MR) is 287 cm³/mol. The lowest BCUT2D eigenvalue weighted by molar-refractivity contribution is -0.156. The summed E-state index contributed by atoms with van der Waals surface area (Å²) in [4.78, 5) is 160. The molecular weight excluding hydrogens is 1020 g/mol. The number of carbonyl (C=O) groups is 11. The van der Waals surface area contributed by atoms with Crippen LogP contribution in [0.15, 0.2) is 30.5 Å². The van der Waals surface area contributed by atoms with Crippen LogP contribution in [-0.2, 0) is 63.9 Å². The van der Waals surface area contributed by atoms with Crippen molar-refractivity contribution in [1.29, 1.82) is 0 Å². The van der Waals surface area contributed by atoms with Crippen molar-refractivity contribution in [2.24, 2.45) is 23.3 Å². The average molecular weight is 1100 g/mol. The standard InChI is InChI=1S/C52H76N10O12S2/c1-60(2)20-8-6-14-37-44(65)25-32(23-33-27-55-36-13-4-3-12-35(33)36)49(70)59-40(30-76)51(72)62-22-10-16-42(62)52(73)74-28-34(63)24-31(11-5-7-19-53)48(69)58-38(50(71)61-21-9-15-41(61)47(54)68)26-46(67)57-39(29-75)43(64)17-18-45(66)56-37/h3-4,12-13,27,31-32,37-42,55,75-76H,5-11,14-26,28-30,53H2,1-2H3,(H2,54,68)(H,56,66)(H,57,67)(H,58,69)(H,59,70)/t31-,32-,37+,38+,39+,40+,41+,42+/m1/s1. The van der Waals surface area contributed by atoms with Gasteiger partial charge >= 0.3 is 5.97 Å². The Balaban J connectivity index is 1.47. The number of thiol groups is 2. The van der Waals surface area contributed by atoms with Crippen molar-refractivity contribution in [2.75, 3.05) is 58.4 Å². The second-order valence-electron chi connectivity index (χ2n) is 20.2. The van der Waals surface area contributed by atoms with Crippen molar-refractivity contribution < 1.29 is 57.5 Å². The number of fused-ring (bicyclic) bond motifs is 2. The average Bonchev–Trinajstić information content (AvgIpc) is 4.19. The first-order valence-electron chi connectivity index (χ1n) is 26.3. The van der Waals surface area contributed by atoms with Crippen LogP contribution in [0.5, 0.6) is 0 Å². The Bertz CT molecular complexity index is 2420. The molecule has 3 aliphatic rings. The van der Waals surface area contributed by atoms with Crippen LogP contribution in [0.3, 0.4) is 0 Å². The Hall–Kier alpha value is -5.85. The first-order chi connectivity index (χ1) is 36.3. The number of carbonyl (C=O) groups excluding carboxylic acids is 11. The van der Waals surface area contributed by atoms with Crippen molar-refractivity contribution in [3.8, 4) is 0 Å². The van der Waals surface area contributed by atoms with E-state index in [1.807, 2.05) is 43.3 Å². The summed E-state index contributed by atoms with van der Waals surface area (Å²) in [6, 6.07) is 0.128. The summed E-state index contributed by atoms with van der Waals surface area (Å²) in [6.07, 6.45) is 3.17. The molecule has 3 aliphatic heterocycles. The van der Waals surface area contributed by atoms with Crippen LogP contribution in [0.25, 0.3) is 10.9 Å². The third kappa shape index (κ3) is 17.6. The zero-order valence-corrected chi connectivity index (χ0v) is 45.3. The molecule has 7 amide bonds. The number of likely N-dealkylation sites (tertiary alicyclic amines) is 1. The Morgan fingerprint density at radius 2 is 1.45 bits per heavy atom. The van der Waals surface area contributed by atoms with Crippen LogP contribution in [0.4, 0.5) is 0 Å². The van der Waals surface area contributed by atoms with Gasteiger partial charge in [0.05, 0.1) is 18.5 Å². The van der Waals surface area contributed by atoms with Crippen molar-refractivity contribution >= 4 is 101 Å². The van der Waals surface area contributed by atoms with Gasteiger partial charge in [0.25, 0.3) is 0 Å². The summed E-state index contributed by atoms with van der Waals surface area (Å²) >= 11 is 8.70. The fourth-order valence-corrected chi connectivity index (χ4v) is 10.6. The number of ketones is 3. The number of benzene rings is 1. The number of H-pyrrole nitrogens is 1. The molecule has 0 aliphatic carbocycles. The van der Waals surface area contributed by atoms with E-state index >= 15 is 0 Å². The van der Waals surface area contributed by atoms with Gasteiger partial charge in [0.1, 0.15) is 30.8 Å². The molecule has 76 heavy (non-hydrogen) atoms. The minimum absolute atomic E-state index is 0.0605. The minimum atomic E-state index is -1.59. The SMILES string of the molecule is CN(C)CCCC[C@@H]1NC(=O)CCC(=O)[C@H](CS)NC(=O)C[C@@H](C(=O)N2CCC[C@H]2C(N)=O)NC(=O)[C@H](CCCCN)CC(=O)COC(=O)[C@@H]2CCCN2C(=O)[C@H](CS)NC(=O)[C@H](Cc2c[nH]c3ccccc23)CC1=O. The number of aromatic amines is 1. The third-order valence-electron chi connectivity index (χ3n) is 14.2. The number of amides is 7. The zero-order chi connectivity index (χ0) is 55.5. The number of nitrogens with one attached hydrogen (secondary N) is 5. The number of hydrogen-bond acceptors (Lipinski definition) is 16. The predicted octanol–water partition coefficient (Wildman–Crippen LogP) is 0.284. The molecule has 22 nitrogen and oxygen atoms in total. The fourth-order valence-electron chi connectivity index (χ4n) is 10.1. The molecule has 0 spiro atoms. The number of cyclic esters (lactones) is 1. The molecule has 2 aromatic rings. The summed E-state index contributed by atoms with van der Waals surface area (Å²) in [7, 11) is 3.81. The Kier molecular flexibility index (Phi) is 24.2. The highest BCUT2D eigenvalue weighted by atomic mass is 32.1. The van der Waals surface area contributed by atoms with Gasteiger partial charge in [-0.25, -0.2) is 4.79 Å². The number of nitrogens with two attached hydrogens (primary N) is 2. The highest BCUT2D eigenvalue weighted by Gasteiger charge is 2.41. The van der Waals surface area contributed by atoms with Crippen molar-refractivity contribution in [3.63, 3.8) is 0 Å². The number of nitrogens with zero attached hydrogens (tertiary/aromatic N) is 3. The van der Waals surface area contributed by atoms with Gasteiger partial charge in [0.15, 0.2) is 17.3 Å². The number of hydrogen-bond donors (Lipinski definition) is 9. The molecule has 8 atom stereocenters. The van der Waals surface area contributed by atoms with Crippen LogP contribution in [-0.4, -0.2) is 179 Å². The number of rotatable bonds is 15. The van der Waals surface area contributed by atoms with Gasteiger partial charge in [-0.15, -0.1) is 0 Å². The van der Waals surface area contributed by atoms with E-state index in [9.17, 15) is 52.7 Å². The molecule has 3 saturated heterocycles. The second kappa shape index (κ2) is 30.2. The normalized spacial score (nSPS) is 25.8. The quantitative estimate of drug-likeness (QED) is 0.0658. The van der Waals surface area contributed by atoms with Gasteiger partial charge in [-0.3, -0.25) is 47.9 Å². The van der Waals surface area contributed by atoms with Crippen LogP contribution in [0, 0.1) is 11.8 Å². The maximum Gasteiger partial charge on any atom is 0.329 e. The molecule has 5 rings (SSSR count). The summed E-state index contributed by atoms with van der Waals surface area (Å²) in [6.45, 7) is 0.439. The third-order valence-corrected chi connectivity index (χ3v) is 15.0. The highest BCUT2D eigenvalue weighted by molar-refractivity contribution is 7.80. The Morgan fingerprint density at radius 1 is 0.750 bits per heavy atom. The van der Waals surface area contributed by atoms with Crippen LogP contribution >= 0.6 is 25.3 Å². The number of para-hydroxylation sites is 1. The molecule has 4 heterocycles. The molecule has 418 valence electrons. The largest absolute Gasteiger partial charge is 0.456 e. The lowest BCUT2D eigenvalue weighted by Crippen LogP contribution is -2.55. The summed E-state index contributed by atoms with van der Waals surface area (Å²) < 4.78 is 5.48. The lowest BCUT2D eigenvalue weighted by Gasteiger charge is -2.29.